The maximum absolute atomic E-state index is 9.08. The Morgan fingerprint density at radius 3 is 1.53 bits per heavy atom. The van der Waals surface area contributed by atoms with Crippen molar-refractivity contribution in [3.63, 3.8) is 0 Å². The standard InChI is InChI=1S/C13H4.C12H27N.CH4O3S.H3NO3S.13H2/c1-3-5-7-9-11-13-12-10-8-6-4-2;1-2-3-4-5-6-7-8-9-10-11-12-13;1-5(2,3)4;2-3-1-4-5;;;;;;;;;;;;;/h1H,2H3;2-13H2,1H3;1H3,(H,2,3,4);1-2,5H;13*1H. The number of thiol groups is 1. The SMILES string of the molecule is C#CC#CC#CC#CC#CC#CC.CCCCCCCCCCCC[NH3+].CS(=O)(=O)[O-].OONOS.[HH].[HH].[HH].[HH].[HH].[HH].[HH].[HH].[HH].[HH].[HH].[HH].[HH]. The monoisotopic (exact) mass is 564 g/mol. The molecule has 0 unspecified atom stereocenters. The Hall–Kier alpha value is -2.58. The molecule has 226 valence electrons. The van der Waals surface area contributed by atoms with Crippen LogP contribution >= 0.6 is 12.9 Å². The van der Waals surface area contributed by atoms with Gasteiger partial charge in [-0.3, -0.25) is 0 Å². The van der Waals surface area contributed by atoms with Crippen LogP contribution in [0.4, 0.5) is 0 Å². The molecule has 0 atom stereocenters. The third-order valence-electron chi connectivity index (χ3n) is 3.38. The van der Waals surface area contributed by atoms with Crippen LogP contribution in [0.2, 0.25) is 0 Å². The third kappa shape index (κ3) is 77.1. The molecule has 0 aliphatic carbocycles. The first-order valence-corrected chi connectivity index (χ1v) is 13.4. The second-order valence-corrected chi connectivity index (χ2v) is 8.12. The molecule has 0 spiro atoms. The Morgan fingerprint density at radius 1 is 0.889 bits per heavy atom. The minimum atomic E-state index is -3.92. The molecule has 10 heteroatoms. The molecule has 0 aliphatic heterocycles. The predicted molar refractivity (Wildman–Crippen MR) is 173 cm³/mol. The van der Waals surface area contributed by atoms with Gasteiger partial charge in [0.2, 0.25) is 0 Å². The number of unbranched alkanes of at least 4 members (excludes halogenated alkanes) is 9. The van der Waals surface area contributed by atoms with Crippen LogP contribution in [0.5, 0.6) is 0 Å². The van der Waals surface area contributed by atoms with E-state index in [4.69, 9.17) is 24.7 Å². The van der Waals surface area contributed by atoms with Crippen molar-refractivity contribution in [3.05, 3.63) is 0 Å². The van der Waals surface area contributed by atoms with Crippen molar-refractivity contribution in [1.29, 1.82) is 0 Å². The van der Waals surface area contributed by atoms with E-state index < -0.39 is 10.1 Å². The number of terminal acetylenes is 1. The molecule has 0 rings (SSSR count). The molecule has 0 amide bonds. The first kappa shape index (κ1) is 40.6. The Morgan fingerprint density at radius 2 is 1.25 bits per heavy atom. The van der Waals surface area contributed by atoms with Gasteiger partial charge in [-0.25, -0.2) is 18.0 Å². The molecule has 8 nitrogen and oxygen atoms in total. The minimum Gasteiger partial charge on any atom is -0.748 e. The summed E-state index contributed by atoms with van der Waals surface area (Å²) in [7, 11) is -3.92. The van der Waals surface area contributed by atoms with Crippen molar-refractivity contribution in [2.75, 3.05) is 12.8 Å². The molecular formula is C26H64N2O6S2. The molecule has 0 saturated carbocycles. The van der Waals surface area contributed by atoms with Gasteiger partial charge in [-0.1, -0.05) is 64.2 Å². The van der Waals surface area contributed by atoms with Gasteiger partial charge in [0.15, 0.2) is 0 Å². The average Bonchev–Trinajstić information content (AvgIpc) is 2.82. The van der Waals surface area contributed by atoms with Gasteiger partial charge in [-0.15, -0.1) is 11.4 Å². The summed E-state index contributed by atoms with van der Waals surface area (Å²) in [5.41, 5.74) is 5.38. The summed E-state index contributed by atoms with van der Waals surface area (Å²) in [4.78, 5) is 3.14. The molecule has 0 bridgehead atoms. The van der Waals surface area contributed by atoms with Crippen LogP contribution in [0.15, 0.2) is 0 Å². The van der Waals surface area contributed by atoms with Crippen LogP contribution in [0.3, 0.4) is 0 Å². The summed E-state index contributed by atoms with van der Waals surface area (Å²) in [6.45, 7) is 5.10. The average molecular weight is 565 g/mol. The summed E-state index contributed by atoms with van der Waals surface area (Å²) >= 11 is 3.10. The van der Waals surface area contributed by atoms with Crippen molar-refractivity contribution >= 4 is 23.0 Å². The lowest BCUT2D eigenvalue weighted by Gasteiger charge is -2.00. The lowest BCUT2D eigenvalue weighted by molar-refractivity contribution is -0.368. The summed E-state index contributed by atoms with van der Waals surface area (Å²) in [6, 6.07) is 0. The van der Waals surface area contributed by atoms with Gasteiger partial charge in [-0.2, -0.15) is 0 Å². The second kappa shape index (κ2) is 39.6. The zero-order chi connectivity index (χ0) is 28.2. The second-order valence-electron chi connectivity index (χ2n) is 6.52. The van der Waals surface area contributed by atoms with Gasteiger partial charge in [0.05, 0.1) is 16.7 Å². The molecule has 0 saturated heterocycles. The van der Waals surface area contributed by atoms with E-state index >= 15 is 0 Å². The van der Waals surface area contributed by atoms with E-state index in [-0.39, 0.29) is 18.5 Å². The van der Waals surface area contributed by atoms with Gasteiger partial charge < -0.3 is 10.3 Å². The van der Waals surface area contributed by atoms with E-state index in [0.717, 1.165) is 6.54 Å². The summed E-state index contributed by atoms with van der Waals surface area (Å²) in [5.74, 6) is 26.9. The van der Waals surface area contributed by atoms with Crippen LogP contribution < -0.4 is 11.4 Å². The van der Waals surface area contributed by atoms with Crippen molar-refractivity contribution in [2.45, 2.75) is 78.1 Å². The van der Waals surface area contributed by atoms with Gasteiger partial charge in [0, 0.05) is 37.7 Å². The fourth-order valence-electron chi connectivity index (χ4n) is 2.00. The van der Waals surface area contributed by atoms with E-state index in [1.807, 2.05) is 0 Å². The fraction of sp³-hybridized carbons (Fsp3) is 0.538. The van der Waals surface area contributed by atoms with E-state index in [1.54, 1.807) is 6.92 Å². The van der Waals surface area contributed by atoms with Crippen molar-refractivity contribution in [1.82, 2.24) is 5.64 Å². The highest BCUT2D eigenvalue weighted by atomic mass is 32.2. The normalized spacial score (nSPS) is 7.94. The topological polar surface area (TPSA) is 136 Å². The van der Waals surface area contributed by atoms with Gasteiger partial charge in [-0.05, 0) is 84.6 Å². The molecular weight excluding hydrogens is 500 g/mol. The van der Waals surface area contributed by atoms with Crippen LogP contribution in [-0.2, 0) is 19.4 Å². The zero-order valence-corrected chi connectivity index (χ0v) is 23.1. The maximum atomic E-state index is 9.08. The molecule has 0 fully saturated rings. The summed E-state index contributed by atoms with van der Waals surface area (Å²) < 4.78 is 30.9. The lowest BCUT2D eigenvalue weighted by atomic mass is 10.1. The number of rotatable bonds is 12. The lowest BCUT2D eigenvalue weighted by Crippen LogP contribution is -2.50. The number of quaternary nitrogens is 1. The molecule has 0 radical (unpaired) electrons. The summed E-state index contributed by atoms with van der Waals surface area (Å²) in [6.07, 6.45) is 19.7. The Balaban J connectivity index is -0.0000000181. The number of nitrogens with one attached hydrogen (secondary N) is 1. The minimum absolute atomic E-state index is 0. The van der Waals surface area contributed by atoms with Gasteiger partial charge in [0.1, 0.15) is 0 Å². The molecule has 0 aromatic heterocycles. The van der Waals surface area contributed by atoms with E-state index in [9.17, 15) is 0 Å². The van der Waals surface area contributed by atoms with E-state index in [1.165, 1.54) is 69.9 Å². The molecule has 36 heavy (non-hydrogen) atoms. The fourth-order valence-corrected chi connectivity index (χ4v) is 2.03. The van der Waals surface area contributed by atoms with Crippen LogP contribution in [0.25, 0.3) is 0 Å². The highest BCUT2D eigenvalue weighted by Gasteiger charge is 1.91. The Bertz CT molecular complexity index is 970. The maximum Gasteiger partial charge on any atom is 0.0916 e. The summed E-state index contributed by atoms with van der Waals surface area (Å²) in [5, 5.41) is 7.28. The van der Waals surface area contributed by atoms with Gasteiger partial charge in [0.25, 0.3) is 0 Å². The third-order valence-corrected chi connectivity index (χ3v) is 3.45. The van der Waals surface area contributed by atoms with Crippen molar-refractivity contribution in [3.8, 4) is 71.5 Å². The van der Waals surface area contributed by atoms with Crippen LogP contribution in [0.1, 0.15) is 96.6 Å². The van der Waals surface area contributed by atoms with Crippen molar-refractivity contribution in [2.24, 2.45) is 0 Å². The Kier molecular flexibility index (Phi) is 44.7. The molecule has 0 aromatic carbocycles. The highest BCUT2D eigenvalue weighted by Crippen LogP contribution is 2.09. The number of hydrogen-bond donors (Lipinski definition) is 4. The molecule has 0 heterocycles. The first-order valence-electron chi connectivity index (χ1n) is 11.2. The van der Waals surface area contributed by atoms with Crippen LogP contribution in [0, 0.1) is 71.5 Å². The largest absolute Gasteiger partial charge is 0.748 e. The quantitative estimate of drug-likeness (QED) is 0.0439. The smallest absolute Gasteiger partial charge is 0.0916 e. The van der Waals surface area contributed by atoms with E-state index in [0.29, 0.717) is 6.26 Å². The zero-order valence-electron chi connectivity index (χ0n) is 21.4. The van der Waals surface area contributed by atoms with Crippen molar-refractivity contribution < 1.29 is 51.8 Å². The Labute approximate surface area is 243 Å². The predicted octanol–water partition coefficient (Wildman–Crippen LogP) is 5.92. The molecule has 0 aliphatic rings. The highest BCUT2D eigenvalue weighted by molar-refractivity contribution is 7.84. The molecule has 5 N–H and O–H groups in total. The molecule has 0 aromatic rings. The first-order chi connectivity index (χ1) is 17.2. The van der Waals surface area contributed by atoms with E-state index in [2.05, 4.69) is 100.0 Å². The number of hydrogen-bond acceptors (Lipinski definition) is 8. The van der Waals surface area contributed by atoms with Crippen LogP contribution in [-0.4, -0.2) is 31.0 Å². The van der Waals surface area contributed by atoms with Gasteiger partial charge >= 0.3 is 0 Å².